The first-order valence-corrected chi connectivity index (χ1v) is 5.69. The van der Waals surface area contributed by atoms with Crippen LogP contribution < -0.4 is 5.32 Å². The topological polar surface area (TPSA) is 70.7 Å². The second-order valence-corrected chi connectivity index (χ2v) is 4.26. The molecule has 1 amide bonds. The first-order chi connectivity index (χ1) is 8.74. The van der Waals surface area contributed by atoms with E-state index in [-0.39, 0.29) is 23.5 Å². The Kier molecular flexibility index (Phi) is 2.55. The van der Waals surface area contributed by atoms with Gasteiger partial charge in [-0.1, -0.05) is 6.07 Å². The van der Waals surface area contributed by atoms with Crippen molar-refractivity contribution in [3.63, 3.8) is 0 Å². The van der Waals surface area contributed by atoms with Gasteiger partial charge in [-0.25, -0.2) is 4.39 Å². The third-order valence-corrected chi connectivity index (χ3v) is 3.14. The van der Waals surface area contributed by atoms with Gasteiger partial charge in [-0.3, -0.25) is 4.79 Å². The Balaban J connectivity index is 1.79. The molecule has 2 N–H and O–H groups in total. The number of aryl methyl sites for hydroxylation is 1. The van der Waals surface area contributed by atoms with E-state index in [9.17, 15) is 9.18 Å². The molecule has 18 heavy (non-hydrogen) atoms. The van der Waals surface area contributed by atoms with E-state index >= 15 is 0 Å². The van der Waals surface area contributed by atoms with E-state index in [2.05, 4.69) is 20.7 Å². The number of carbonyl (C=O) groups excluding carboxylic acids is 1. The summed E-state index contributed by atoms with van der Waals surface area (Å²) in [4.78, 5) is 11.8. The first kappa shape index (κ1) is 10.9. The van der Waals surface area contributed by atoms with Crippen LogP contribution in [0.1, 0.15) is 34.1 Å². The van der Waals surface area contributed by atoms with E-state index in [0.717, 1.165) is 24.0 Å². The SMILES string of the molecule is O=C(N[C@@H]1CCc2cc(F)ccc21)c1cn[nH]n1. The van der Waals surface area contributed by atoms with Crippen LogP contribution >= 0.6 is 0 Å². The van der Waals surface area contributed by atoms with E-state index in [1.54, 1.807) is 6.07 Å². The lowest BCUT2D eigenvalue weighted by molar-refractivity contribution is 0.0931. The van der Waals surface area contributed by atoms with E-state index in [0.29, 0.717) is 0 Å². The van der Waals surface area contributed by atoms with Gasteiger partial charge in [0.1, 0.15) is 5.82 Å². The third-order valence-electron chi connectivity index (χ3n) is 3.14. The van der Waals surface area contributed by atoms with E-state index in [1.807, 2.05) is 0 Å². The number of aromatic amines is 1. The fourth-order valence-corrected chi connectivity index (χ4v) is 2.28. The molecule has 0 saturated heterocycles. The molecule has 0 spiro atoms. The number of fused-ring (bicyclic) bond motifs is 1. The zero-order chi connectivity index (χ0) is 12.5. The molecule has 0 unspecified atom stereocenters. The second kappa shape index (κ2) is 4.21. The van der Waals surface area contributed by atoms with E-state index in [4.69, 9.17) is 0 Å². The van der Waals surface area contributed by atoms with Gasteiger partial charge >= 0.3 is 0 Å². The van der Waals surface area contributed by atoms with Gasteiger partial charge in [-0.2, -0.15) is 15.4 Å². The second-order valence-electron chi connectivity index (χ2n) is 4.26. The molecule has 3 rings (SSSR count). The van der Waals surface area contributed by atoms with Crippen molar-refractivity contribution in [1.29, 1.82) is 0 Å². The Labute approximate surface area is 102 Å². The van der Waals surface area contributed by atoms with Crippen molar-refractivity contribution in [2.45, 2.75) is 18.9 Å². The summed E-state index contributed by atoms with van der Waals surface area (Å²) in [6.45, 7) is 0. The van der Waals surface area contributed by atoms with Crippen molar-refractivity contribution in [3.05, 3.63) is 47.0 Å². The third kappa shape index (κ3) is 1.85. The number of halogens is 1. The molecule has 92 valence electrons. The number of rotatable bonds is 2. The lowest BCUT2D eigenvalue weighted by Crippen LogP contribution is -2.27. The maximum atomic E-state index is 13.1. The summed E-state index contributed by atoms with van der Waals surface area (Å²) < 4.78 is 13.1. The van der Waals surface area contributed by atoms with Gasteiger partial charge in [0.15, 0.2) is 5.69 Å². The van der Waals surface area contributed by atoms with Gasteiger partial charge in [0.05, 0.1) is 12.2 Å². The molecule has 0 bridgehead atoms. The summed E-state index contributed by atoms with van der Waals surface area (Å²) >= 11 is 0. The molecule has 0 aliphatic heterocycles. The lowest BCUT2D eigenvalue weighted by Gasteiger charge is -2.12. The number of H-pyrrole nitrogens is 1. The summed E-state index contributed by atoms with van der Waals surface area (Å²) in [6, 6.07) is 4.59. The van der Waals surface area contributed by atoms with Crippen LogP contribution in [0.15, 0.2) is 24.4 Å². The molecular weight excluding hydrogens is 235 g/mol. The molecular formula is C12H11FN4O. The van der Waals surface area contributed by atoms with Gasteiger partial charge in [-0.05, 0) is 36.1 Å². The fourth-order valence-electron chi connectivity index (χ4n) is 2.28. The molecule has 2 aromatic rings. The average Bonchev–Trinajstić information content (AvgIpc) is 2.98. The van der Waals surface area contributed by atoms with Crippen molar-refractivity contribution in [2.24, 2.45) is 0 Å². The molecule has 0 radical (unpaired) electrons. The predicted octanol–water partition coefficient (Wildman–Crippen LogP) is 1.36. The molecule has 1 aromatic heterocycles. The summed E-state index contributed by atoms with van der Waals surface area (Å²) in [7, 11) is 0. The number of hydrogen-bond acceptors (Lipinski definition) is 3. The van der Waals surface area contributed by atoms with Crippen LogP contribution in [-0.4, -0.2) is 21.3 Å². The van der Waals surface area contributed by atoms with Crippen LogP contribution in [0.4, 0.5) is 4.39 Å². The summed E-state index contributed by atoms with van der Waals surface area (Å²) in [5.74, 6) is -0.511. The highest BCUT2D eigenvalue weighted by atomic mass is 19.1. The van der Waals surface area contributed by atoms with Crippen molar-refractivity contribution < 1.29 is 9.18 Å². The Morgan fingerprint density at radius 1 is 1.50 bits per heavy atom. The zero-order valence-electron chi connectivity index (χ0n) is 9.48. The largest absolute Gasteiger partial charge is 0.344 e. The molecule has 1 aliphatic rings. The highest BCUT2D eigenvalue weighted by Crippen LogP contribution is 2.31. The quantitative estimate of drug-likeness (QED) is 0.840. The molecule has 1 aliphatic carbocycles. The number of amides is 1. The number of aromatic nitrogens is 3. The van der Waals surface area contributed by atoms with Crippen molar-refractivity contribution in [1.82, 2.24) is 20.7 Å². The first-order valence-electron chi connectivity index (χ1n) is 5.69. The van der Waals surface area contributed by atoms with Crippen LogP contribution in [0, 0.1) is 5.82 Å². The molecule has 6 heteroatoms. The standard InChI is InChI=1S/C12H11FN4O/c13-8-2-3-9-7(5-8)1-4-10(9)15-12(18)11-6-14-17-16-11/h2-3,5-6,10H,1,4H2,(H,15,18)(H,14,16,17)/t10-/m1/s1. The summed E-state index contributed by atoms with van der Waals surface area (Å²) in [5, 5.41) is 12.6. The van der Waals surface area contributed by atoms with Crippen LogP contribution in [-0.2, 0) is 6.42 Å². The van der Waals surface area contributed by atoms with Crippen LogP contribution in [0.25, 0.3) is 0 Å². The molecule has 0 fully saturated rings. The highest BCUT2D eigenvalue weighted by Gasteiger charge is 2.25. The number of benzene rings is 1. The maximum Gasteiger partial charge on any atom is 0.273 e. The Morgan fingerprint density at radius 3 is 3.17 bits per heavy atom. The predicted molar refractivity (Wildman–Crippen MR) is 61.3 cm³/mol. The highest BCUT2D eigenvalue weighted by molar-refractivity contribution is 5.92. The molecule has 1 aromatic carbocycles. The molecule has 5 nitrogen and oxygen atoms in total. The Morgan fingerprint density at radius 2 is 2.39 bits per heavy atom. The summed E-state index contributed by atoms with van der Waals surface area (Å²) in [6.07, 6.45) is 2.93. The van der Waals surface area contributed by atoms with Crippen molar-refractivity contribution in [3.8, 4) is 0 Å². The van der Waals surface area contributed by atoms with Gasteiger partial charge in [0, 0.05) is 0 Å². The van der Waals surface area contributed by atoms with Gasteiger partial charge in [0.2, 0.25) is 0 Å². The van der Waals surface area contributed by atoms with Crippen LogP contribution in [0.3, 0.4) is 0 Å². The van der Waals surface area contributed by atoms with E-state index < -0.39 is 0 Å². The van der Waals surface area contributed by atoms with Crippen molar-refractivity contribution >= 4 is 5.91 Å². The number of nitrogens with one attached hydrogen (secondary N) is 2. The normalized spacial score (nSPS) is 17.5. The molecule has 0 saturated carbocycles. The van der Waals surface area contributed by atoms with Crippen molar-refractivity contribution in [2.75, 3.05) is 0 Å². The fraction of sp³-hybridized carbons (Fsp3) is 0.250. The summed E-state index contributed by atoms with van der Waals surface area (Å²) in [5.41, 5.74) is 2.19. The van der Waals surface area contributed by atoms with Gasteiger partial charge in [-0.15, -0.1) is 0 Å². The van der Waals surface area contributed by atoms with Crippen LogP contribution in [0.5, 0.6) is 0 Å². The lowest BCUT2D eigenvalue weighted by atomic mass is 10.1. The molecule has 1 atom stereocenters. The minimum Gasteiger partial charge on any atom is -0.344 e. The van der Waals surface area contributed by atoms with E-state index in [1.165, 1.54) is 18.3 Å². The minimum atomic E-state index is -0.272. The van der Waals surface area contributed by atoms with Crippen LogP contribution in [0.2, 0.25) is 0 Å². The molecule has 1 heterocycles. The average molecular weight is 246 g/mol. The smallest absolute Gasteiger partial charge is 0.273 e. The Hall–Kier alpha value is -2.24. The van der Waals surface area contributed by atoms with Gasteiger partial charge < -0.3 is 5.32 Å². The number of nitrogens with zero attached hydrogens (tertiary/aromatic N) is 2. The monoisotopic (exact) mass is 246 g/mol. The maximum absolute atomic E-state index is 13.1. The Bertz CT molecular complexity index is 582. The zero-order valence-corrected chi connectivity index (χ0v) is 9.48. The van der Waals surface area contributed by atoms with Gasteiger partial charge in [0.25, 0.3) is 5.91 Å². The minimum absolute atomic E-state index is 0.0789. The number of hydrogen-bond donors (Lipinski definition) is 2. The number of carbonyl (C=O) groups is 1.